The molecule has 7 heteroatoms. The molecule has 0 amide bonds. The molecule has 0 radical (unpaired) electrons. The molecule has 0 aliphatic rings. The quantitative estimate of drug-likeness (QED) is 0.908. The van der Waals surface area contributed by atoms with Crippen molar-refractivity contribution < 1.29 is 4.74 Å². The van der Waals surface area contributed by atoms with Gasteiger partial charge in [-0.25, -0.2) is 9.97 Å². The topological polar surface area (TPSA) is 73.9 Å². The van der Waals surface area contributed by atoms with Crippen LogP contribution in [-0.4, -0.2) is 20.9 Å². The number of rotatable bonds is 5. The van der Waals surface area contributed by atoms with Crippen molar-refractivity contribution in [3.63, 3.8) is 0 Å². The van der Waals surface area contributed by atoms with E-state index < -0.39 is 0 Å². The van der Waals surface area contributed by atoms with Gasteiger partial charge in [-0.15, -0.1) is 0 Å². The van der Waals surface area contributed by atoms with E-state index in [1.54, 1.807) is 6.07 Å². The maximum atomic E-state index is 5.77. The van der Waals surface area contributed by atoms with Crippen LogP contribution >= 0.6 is 23.3 Å². The second-order valence-corrected chi connectivity index (χ2v) is 5.43. The van der Waals surface area contributed by atoms with E-state index in [1.165, 1.54) is 23.3 Å². The first-order valence-electron chi connectivity index (χ1n) is 5.62. The Morgan fingerprint density at radius 1 is 1.33 bits per heavy atom. The first-order chi connectivity index (χ1) is 8.72. The van der Waals surface area contributed by atoms with Crippen LogP contribution < -0.4 is 10.5 Å². The Labute approximate surface area is 114 Å². The summed E-state index contributed by atoms with van der Waals surface area (Å²) in [5, 5.41) is 0.812. The van der Waals surface area contributed by atoms with Crippen molar-refractivity contribution in [2.75, 3.05) is 12.3 Å². The first kappa shape index (κ1) is 13.1. The van der Waals surface area contributed by atoms with Gasteiger partial charge in [-0.1, -0.05) is 6.92 Å². The van der Waals surface area contributed by atoms with Gasteiger partial charge in [0.1, 0.15) is 10.9 Å². The van der Waals surface area contributed by atoms with Crippen molar-refractivity contribution in [1.82, 2.24) is 14.3 Å². The highest BCUT2D eigenvalue weighted by atomic mass is 32.2. The van der Waals surface area contributed by atoms with E-state index >= 15 is 0 Å². The fraction of sp³-hybridized carbons (Fsp3) is 0.364. The first-order valence-corrected chi connectivity index (χ1v) is 7.21. The van der Waals surface area contributed by atoms with Crippen molar-refractivity contribution >= 4 is 29.0 Å². The molecule has 96 valence electrons. The van der Waals surface area contributed by atoms with E-state index in [-0.39, 0.29) is 0 Å². The Hall–Kier alpha value is -1.34. The second-order valence-electron chi connectivity index (χ2n) is 3.41. The van der Waals surface area contributed by atoms with Gasteiger partial charge in [-0.2, -0.15) is 4.37 Å². The predicted octanol–water partition coefficient (Wildman–Crippen LogP) is 2.63. The SMILES string of the molecule is CCOc1nc(Sc2nc(CC)ns2)ccc1N. The predicted molar refractivity (Wildman–Crippen MR) is 73.2 cm³/mol. The van der Waals surface area contributed by atoms with E-state index in [9.17, 15) is 0 Å². The summed E-state index contributed by atoms with van der Waals surface area (Å²) >= 11 is 2.85. The van der Waals surface area contributed by atoms with Crippen LogP contribution in [0.15, 0.2) is 21.5 Å². The zero-order chi connectivity index (χ0) is 13.0. The van der Waals surface area contributed by atoms with Crippen LogP contribution in [0.3, 0.4) is 0 Å². The average Bonchev–Trinajstić information content (AvgIpc) is 2.81. The zero-order valence-electron chi connectivity index (χ0n) is 10.2. The Balaban J connectivity index is 2.15. The van der Waals surface area contributed by atoms with Crippen LogP contribution in [0.2, 0.25) is 0 Å². The minimum absolute atomic E-state index is 0.475. The zero-order valence-corrected chi connectivity index (χ0v) is 11.8. The maximum Gasteiger partial charge on any atom is 0.238 e. The monoisotopic (exact) mass is 282 g/mol. The Bertz CT molecular complexity index is 530. The van der Waals surface area contributed by atoms with Gasteiger partial charge in [-0.05, 0) is 42.4 Å². The van der Waals surface area contributed by atoms with Crippen molar-refractivity contribution in [2.24, 2.45) is 0 Å². The van der Waals surface area contributed by atoms with E-state index in [0.29, 0.717) is 18.2 Å². The molecule has 0 atom stereocenters. The maximum absolute atomic E-state index is 5.77. The number of hydrogen-bond donors (Lipinski definition) is 1. The normalized spacial score (nSPS) is 10.6. The van der Waals surface area contributed by atoms with Gasteiger partial charge < -0.3 is 10.5 Å². The summed E-state index contributed by atoms with van der Waals surface area (Å²) in [6.45, 7) is 4.48. The summed E-state index contributed by atoms with van der Waals surface area (Å²) in [6, 6.07) is 3.65. The van der Waals surface area contributed by atoms with Gasteiger partial charge in [0.2, 0.25) is 5.88 Å². The summed E-state index contributed by atoms with van der Waals surface area (Å²) in [5.74, 6) is 1.34. The van der Waals surface area contributed by atoms with E-state index in [4.69, 9.17) is 10.5 Å². The number of hydrogen-bond acceptors (Lipinski definition) is 7. The van der Waals surface area contributed by atoms with Crippen LogP contribution in [0.1, 0.15) is 19.7 Å². The van der Waals surface area contributed by atoms with Crippen molar-refractivity contribution in [3.8, 4) is 5.88 Å². The van der Waals surface area contributed by atoms with Crippen molar-refractivity contribution in [2.45, 2.75) is 29.6 Å². The molecule has 0 aromatic carbocycles. The molecular weight excluding hydrogens is 268 g/mol. The fourth-order valence-electron chi connectivity index (χ4n) is 1.26. The number of nitrogen functional groups attached to an aromatic ring is 1. The third-order valence-corrected chi connectivity index (χ3v) is 3.83. The minimum atomic E-state index is 0.475. The average molecular weight is 282 g/mol. The third kappa shape index (κ3) is 3.11. The van der Waals surface area contributed by atoms with Gasteiger partial charge in [0, 0.05) is 6.42 Å². The van der Waals surface area contributed by atoms with Crippen molar-refractivity contribution in [3.05, 3.63) is 18.0 Å². The lowest BCUT2D eigenvalue weighted by molar-refractivity contribution is 0.326. The summed E-state index contributed by atoms with van der Waals surface area (Å²) in [7, 11) is 0. The van der Waals surface area contributed by atoms with Gasteiger partial charge in [0.25, 0.3) is 0 Å². The summed E-state index contributed by atoms with van der Waals surface area (Å²) in [4.78, 5) is 8.73. The highest BCUT2D eigenvalue weighted by molar-refractivity contribution is 8.00. The summed E-state index contributed by atoms with van der Waals surface area (Å²) < 4.78 is 10.5. The molecule has 0 saturated carbocycles. The molecule has 0 aliphatic carbocycles. The number of anilines is 1. The molecule has 0 fully saturated rings. The van der Waals surface area contributed by atoms with Gasteiger partial charge >= 0.3 is 0 Å². The smallest absolute Gasteiger partial charge is 0.238 e. The number of aryl methyl sites for hydroxylation is 1. The molecule has 2 N–H and O–H groups in total. The molecule has 2 rings (SSSR count). The number of nitrogens with two attached hydrogens (primary N) is 1. The van der Waals surface area contributed by atoms with E-state index in [1.807, 2.05) is 19.9 Å². The number of pyridine rings is 1. The lowest BCUT2D eigenvalue weighted by Crippen LogP contribution is -1.99. The Morgan fingerprint density at radius 3 is 2.83 bits per heavy atom. The standard InChI is InChI=1S/C11H14N4OS2/c1-3-8-13-11(18-15-8)17-9-6-5-7(12)10(14-9)16-4-2/h5-6H,3-4,12H2,1-2H3. The highest BCUT2D eigenvalue weighted by Crippen LogP contribution is 2.30. The molecule has 18 heavy (non-hydrogen) atoms. The minimum Gasteiger partial charge on any atom is -0.476 e. The number of aromatic nitrogens is 3. The van der Waals surface area contributed by atoms with Gasteiger partial charge in [-0.3, -0.25) is 0 Å². The number of ether oxygens (including phenoxy) is 1. The van der Waals surface area contributed by atoms with E-state index in [0.717, 1.165) is 21.6 Å². The molecule has 0 unspecified atom stereocenters. The highest BCUT2D eigenvalue weighted by Gasteiger charge is 2.08. The van der Waals surface area contributed by atoms with Crippen LogP contribution in [-0.2, 0) is 6.42 Å². The lowest BCUT2D eigenvalue weighted by atomic mass is 10.4. The fourth-order valence-corrected chi connectivity index (χ4v) is 2.87. The van der Waals surface area contributed by atoms with Gasteiger partial charge in [0.05, 0.1) is 12.3 Å². The molecular formula is C11H14N4OS2. The molecule has 2 heterocycles. The summed E-state index contributed by atoms with van der Waals surface area (Å²) in [5.41, 5.74) is 6.32. The molecule has 0 saturated heterocycles. The summed E-state index contributed by atoms with van der Waals surface area (Å²) in [6.07, 6.45) is 0.844. The lowest BCUT2D eigenvalue weighted by Gasteiger charge is -2.06. The third-order valence-electron chi connectivity index (χ3n) is 2.10. The van der Waals surface area contributed by atoms with Gasteiger partial charge in [0.15, 0.2) is 4.34 Å². The molecule has 2 aromatic heterocycles. The molecule has 0 bridgehead atoms. The molecule has 0 spiro atoms. The largest absolute Gasteiger partial charge is 0.476 e. The van der Waals surface area contributed by atoms with Crippen LogP contribution in [0.5, 0.6) is 5.88 Å². The molecule has 0 aliphatic heterocycles. The molecule has 2 aromatic rings. The van der Waals surface area contributed by atoms with Crippen LogP contribution in [0, 0.1) is 0 Å². The number of nitrogens with zero attached hydrogens (tertiary/aromatic N) is 3. The Morgan fingerprint density at radius 2 is 2.17 bits per heavy atom. The van der Waals surface area contributed by atoms with Crippen LogP contribution in [0.25, 0.3) is 0 Å². The molecule has 5 nitrogen and oxygen atoms in total. The second kappa shape index (κ2) is 6.01. The van der Waals surface area contributed by atoms with Crippen LogP contribution in [0.4, 0.5) is 5.69 Å². The Kier molecular flexibility index (Phi) is 4.38. The van der Waals surface area contributed by atoms with Crippen molar-refractivity contribution in [1.29, 1.82) is 0 Å². The van der Waals surface area contributed by atoms with E-state index in [2.05, 4.69) is 14.3 Å².